The van der Waals surface area contributed by atoms with E-state index in [1.54, 1.807) is 0 Å². The fourth-order valence-corrected chi connectivity index (χ4v) is 1.97. The van der Waals surface area contributed by atoms with Gasteiger partial charge in [-0.15, -0.1) is 0 Å². The van der Waals surface area contributed by atoms with Crippen LogP contribution in [0.1, 0.15) is 32.6 Å². The van der Waals surface area contributed by atoms with Gasteiger partial charge in [0.25, 0.3) is 10.1 Å². The summed E-state index contributed by atoms with van der Waals surface area (Å²) in [5.74, 6) is 0.149. The van der Waals surface area contributed by atoms with Gasteiger partial charge in [-0.25, -0.2) is 4.79 Å². The molecule has 1 radical (unpaired) electrons. The second-order valence-corrected chi connectivity index (χ2v) is 5.63. The molecule has 6 nitrogen and oxygen atoms in total. The summed E-state index contributed by atoms with van der Waals surface area (Å²) in [6, 6.07) is 4.81. The summed E-state index contributed by atoms with van der Waals surface area (Å²) in [6.07, 6.45) is 3.14. The quantitative estimate of drug-likeness (QED) is 0.272. The molecule has 113 valence electrons. The van der Waals surface area contributed by atoms with Crippen molar-refractivity contribution < 1.29 is 27.2 Å². The molecule has 0 unspecified atom stereocenters. The van der Waals surface area contributed by atoms with Crippen LogP contribution < -0.4 is 4.74 Å². The van der Waals surface area contributed by atoms with Crippen molar-refractivity contribution in [1.29, 1.82) is 0 Å². The number of hydrogen-bond acceptors (Lipinski definition) is 5. The van der Waals surface area contributed by atoms with E-state index in [4.69, 9.17) is 14.0 Å². The number of carbonyl (C=O) groups excluding carboxylic acids is 1. The zero-order valence-corrected chi connectivity index (χ0v) is 15.1. The molecule has 0 aliphatic carbocycles. The third-order valence-corrected chi connectivity index (χ3v) is 3.41. The van der Waals surface area contributed by atoms with E-state index in [0.29, 0.717) is 6.61 Å². The second-order valence-electron chi connectivity index (χ2n) is 4.21. The van der Waals surface area contributed by atoms with Gasteiger partial charge >= 0.3 is 6.16 Å². The summed E-state index contributed by atoms with van der Waals surface area (Å²) in [7, 11) is -4.24. The smallest absolute Gasteiger partial charge is 0.434 e. The molecule has 0 aromatic heterocycles. The Morgan fingerprint density at radius 2 is 1.76 bits per heavy atom. The molecule has 0 amide bonds. The van der Waals surface area contributed by atoms with Crippen LogP contribution in [0.3, 0.4) is 0 Å². The first kappa shape index (κ1) is 20.4. The first-order valence-corrected chi connectivity index (χ1v) is 7.79. The third-order valence-electron chi connectivity index (χ3n) is 2.54. The van der Waals surface area contributed by atoms with E-state index in [9.17, 15) is 13.2 Å². The van der Waals surface area contributed by atoms with Crippen molar-refractivity contribution in [3.05, 3.63) is 24.3 Å². The van der Waals surface area contributed by atoms with Crippen LogP contribution in [0.2, 0.25) is 0 Å². The number of rotatable bonds is 7. The Morgan fingerprint density at radius 3 is 2.29 bits per heavy atom. The fourth-order valence-electron chi connectivity index (χ4n) is 1.49. The summed E-state index contributed by atoms with van der Waals surface area (Å²) in [5.41, 5.74) is 0. The molecule has 1 aromatic rings. The minimum absolute atomic E-state index is 0. The predicted octanol–water partition coefficient (Wildman–Crippen LogP) is 2.65. The number of benzene rings is 1. The molecule has 0 aliphatic heterocycles. The monoisotopic (exact) mass is 325 g/mol. The molecular formula is C13H18NaO6S. The van der Waals surface area contributed by atoms with E-state index in [-0.39, 0.29) is 40.2 Å². The molecule has 1 rings (SSSR count). The zero-order chi connectivity index (χ0) is 15.0. The van der Waals surface area contributed by atoms with Crippen LogP contribution in [0, 0.1) is 0 Å². The van der Waals surface area contributed by atoms with Crippen molar-refractivity contribution in [2.75, 3.05) is 6.61 Å². The first-order chi connectivity index (χ1) is 9.43. The van der Waals surface area contributed by atoms with E-state index in [2.05, 4.69) is 6.92 Å². The molecule has 0 aliphatic rings. The molecule has 0 bridgehead atoms. The van der Waals surface area contributed by atoms with Gasteiger partial charge in [0, 0.05) is 29.6 Å². The van der Waals surface area contributed by atoms with Gasteiger partial charge in [-0.1, -0.05) is 26.2 Å². The zero-order valence-electron chi connectivity index (χ0n) is 12.2. The Morgan fingerprint density at radius 1 is 1.14 bits per heavy atom. The van der Waals surface area contributed by atoms with Crippen LogP contribution in [0.25, 0.3) is 0 Å². The number of unbranched alkanes of at least 4 members (excludes halogenated alkanes) is 3. The van der Waals surface area contributed by atoms with E-state index < -0.39 is 16.3 Å². The second kappa shape index (κ2) is 10.2. The molecule has 1 aromatic carbocycles. The molecule has 0 spiro atoms. The summed E-state index contributed by atoms with van der Waals surface area (Å²) in [4.78, 5) is 11.0. The molecule has 0 heterocycles. The molecule has 8 heteroatoms. The van der Waals surface area contributed by atoms with Crippen LogP contribution in [0.5, 0.6) is 5.75 Å². The topological polar surface area (TPSA) is 89.9 Å². The fraction of sp³-hybridized carbons (Fsp3) is 0.462. The van der Waals surface area contributed by atoms with Gasteiger partial charge in [-0.05, 0) is 30.7 Å². The average Bonchev–Trinajstić information content (AvgIpc) is 2.38. The first-order valence-electron chi connectivity index (χ1n) is 6.35. The third kappa shape index (κ3) is 8.43. The summed E-state index contributed by atoms with van der Waals surface area (Å²) >= 11 is 0. The molecule has 0 saturated heterocycles. The van der Waals surface area contributed by atoms with Gasteiger partial charge in [0.15, 0.2) is 0 Å². The number of hydrogen-bond donors (Lipinski definition) is 1. The van der Waals surface area contributed by atoms with Gasteiger partial charge < -0.3 is 9.47 Å². The van der Waals surface area contributed by atoms with E-state index >= 15 is 0 Å². The Kier molecular flexibility index (Phi) is 9.89. The van der Waals surface area contributed by atoms with Crippen molar-refractivity contribution in [2.24, 2.45) is 0 Å². The van der Waals surface area contributed by atoms with Crippen molar-refractivity contribution in [3.8, 4) is 5.75 Å². The van der Waals surface area contributed by atoms with Crippen molar-refractivity contribution in [1.82, 2.24) is 0 Å². The van der Waals surface area contributed by atoms with Gasteiger partial charge in [0.2, 0.25) is 0 Å². The van der Waals surface area contributed by atoms with Gasteiger partial charge in [0.1, 0.15) is 5.75 Å². The average molecular weight is 325 g/mol. The minimum atomic E-state index is -4.24. The molecule has 0 saturated carbocycles. The predicted molar refractivity (Wildman–Crippen MR) is 78.1 cm³/mol. The minimum Gasteiger partial charge on any atom is -0.434 e. The van der Waals surface area contributed by atoms with Gasteiger partial charge in [-0.3, -0.25) is 4.55 Å². The molecule has 0 atom stereocenters. The molecule has 1 N–H and O–H groups in total. The van der Waals surface area contributed by atoms with E-state index in [1.165, 1.54) is 12.1 Å². The van der Waals surface area contributed by atoms with E-state index in [1.807, 2.05) is 0 Å². The Bertz CT molecular complexity index is 526. The Balaban J connectivity index is 0.00000400. The summed E-state index contributed by atoms with van der Waals surface area (Å²) in [5, 5.41) is 0. The van der Waals surface area contributed by atoms with Gasteiger partial charge in [0.05, 0.1) is 11.5 Å². The van der Waals surface area contributed by atoms with Crippen LogP contribution in [-0.4, -0.2) is 55.3 Å². The summed E-state index contributed by atoms with van der Waals surface area (Å²) in [6.45, 7) is 2.38. The molecular weight excluding hydrogens is 307 g/mol. The van der Waals surface area contributed by atoms with Crippen LogP contribution >= 0.6 is 0 Å². The Labute approximate surface area is 146 Å². The van der Waals surface area contributed by atoms with Crippen LogP contribution in [0.4, 0.5) is 4.79 Å². The van der Waals surface area contributed by atoms with Crippen molar-refractivity contribution in [3.63, 3.8) is 0 Å². The van der Waals surface area contributed by atoms with Crippen LogP contribution in [-0.2, 0) is 14.9 Å². The maximum Gasteiger partial charge on any atom is 0.513 e. The van der Waals surface area contributed by atoms with Crippen LogP contribution in [0.15, 0.2) is 29.2 Å². The van der Waals surface area contributed by atoms with E-state index in [0.717, 1.165) is 37.8 Å². The molecule has 21 heavy (non-hydrogen) atoms. The standard InChI is InChI=1S/C13H18O6S.Na/c1-2-3-4-5-10-18-13(14)19-11-6-8-12(9-7-11)20(15,16)17;/h6-9H,2-5,10H2,1H3,(H,15,16,17);. The molecule has 0 fully saturated rings. The largest absolute Gasteiger partial charge is 0.513 e. The SMILES string of the molecule is CCCCCCOC(=O)Oc1ccc(S(=O)(=O)O)cc1.[Na]. The summed E-state index contributed by atoms with van der Waals surface area (Å²) < 4.78 is 40.1. The van der Waals surface area contributed by atoms with Crippen molar-refractivity contribution >= 4 is 45.8 Å². The Hall–Kier alpha value is -0.600. The van der Waals surface area contributed by atoms with Gasteiger partial charge in [-0.2, -0.15) is 8.42 Å². The normalized spacial score (nSPS) is 10.6. The maximum absolute atomic E-state index is 11.3. The number of ether oxygens (including phenoxy) is 2. The number of carbonyl (C=O) groups is 1. The maximum atomic E-state index is 11.3. The van der Waals surface area contributed by atoms with Crippen molar-refractivity contribution in [2.45, 2.75) is 37.5 Å².